The fraction of sp³-hybridized carbons (Fsp3) is 0.125. The predicted molar refractivity (Wildman–Crippen MR) is 76.7 cm³/mol. The Morgan fingerprint density at radius 2 is 1.95 bits per heavy atom. The number of aromatic nitrogens is 2. The number of nitrogens with zero attached hydrogens (tertiary/aromatic N) is 2. The van der Waals surface area contributed by atoms with E-state index in [9.17, 15) is 4.79 Å². The van der Waals surface area contributed by atoms with Crippen LogP contribution in [0.1, 0.15) is 18.4 Å². The maximum absolute atomic E-state index is 11.0. The van der Waals surface area contributed by atoms with E-state index in [0.29, 0.717) is 0 Å². The molecule has 0 saturated carbocycles. The summed E-state index contributed by atoms with van der Waals surface area (Å²) < 4.78 is 1.96. The Labute approximate surface area is 116 Å². The molecule has 3 rings (SSSR count). The van der Waals surface area contributed by atoms with E-state index in [0.717, 1.165) is 22.5 Å². The Balaban J connectivity index is 1.96. The lowest BCUT2D eigenvalue weighted by atomic mass is 9.99. The van der Waals surface area contributed by atoms with E-state index in [1.807, 2.05) is 59.3 Å². The second-order valence-electron chi connectivity index (χ2n) is 4.77. The van der Waals surface area contributed by atoms with Gasteiger partial charge in [-0.3, -0.25) is 4.79 Å². The highest BCUT2D eigenvalue weighted by Gasteiger charge is 2.13. The quantitative estimate of drug-likeness (QED) is 0.792. The van der Waals surface area contributed by atoms with E-state index in [2.05, 4.69) is 4.98 Å². The maximum atomic E-state index is 11.0. The minimum atomic E-state index is -0.814. The molecule has 4 heteroatoms. The molecule has 3 aromatic rings. The molecule has 20 heavy (non-hydrogen) atoms. The summed E-state index contributed by atoms with van der Waals surface area (Å²) in [7, 11) is 0. The fourth-order valence-electron chi connectivity index (χ4n) is 2.16. The highest BCUT2D eigenvalue weighted by molar-refractivity contribution is 5.76. The highest BCUT2D eigenvalue weighted by Crippen LogP contribution is 2.22. The van der Waals surface area contributed by atoms with Gasteiger partial charge in [-0.1, -0.05) is 30.3 Å². The van der Waals surface area contributed by atoms with Crippen LogP contribution in [-0.2, 0) is 4.79 Å². The summed E-state index contributed by atoms with van der Waals surface area (Å²) in [6.07, 6.45) is 3.91. The van der Waals surface area contributed by atoms with Gasteiger partial charge in [0.1, 0.15) is 5.65 Å². The normalized spacial score (nSPS) is 12.4. The average Bonchev–Trinajstić information content (AvgIpc) is 2.90. The van der Waals surface area contributed by atoms with E-state index in [1.165, 1.54) is 0 Å². The number of pyridine rings is 1. The van der Waals surface area contributed by atoms with Gasteiger partial charge < -0.3 is 9.51 Å². The minimum Gasteiger partial charge on any atom is -0.481 e. The molecule has 1 atom stereocenters. The van der Waals surface area contributed by atoms with E-state index in [1.54, 1.807) is 6.92 Å². The topological polar surface area (TPSA) is 54.6 Å². The molecule has 100 valence electrons. The summed E-state index contributed by atoms with van der Waals surface area (Å²) in [5.74, 6) is -1.31. The highest BCUT2D eigenvalue weighted by atomic mass is 16.4. The third kappa shape index (κ3) is 2.16. The molecule has 0 aliphatic rings. The van der Waals surface area contributed by atoms with Crippen molar-refractivity contribution in [1.29, 1.82) is 0 Å². The number of fused-ring (bicyclic) bond motifs is 1. The third-order valence-electron chi connectivity index (χ3n) is 3.44. The Kier molecular flexibility index (Phi) is 2.99. The summed E-state index contributed by atoms with van der Waals surface area (Å²) in [6.45, 7) is 1.68. The van der Waals surface area contributed by atoms with Crippen LogP contribution in [0.15, 0.2) is 54.9 Å². The van der Waals surface area contributed by atoms with Gasteiger partial charge in [0.2, 0.25) is 0 Å². The molecule has 2 heterocycles. The maximum Gasteiger partial charge on any atom is 0.310 e. The van der Waals surface area contributed by atoms with Gasteiger partial charge in [-0.15, -0.1) is 0 Å². The first-order chi connectivity index (χ1) is 9.65. The monoisotopic (exact) mass is 266 g/mol. The summed E-state index contributed by atoms with van der Waals surface area (Å²) in [5.41, 5.74) is 3.55. The Hall–Kier alpha value is -2.62. The molecule has 2 aromatic heterocycles. The van der Waals surface area contributed by atoms with Crippen molar-refractivity contribution < 1.29 is 9.90 Å². The Morgan fingerprint density at radius 1 is 1.20 bits per heavy atom. The SMILES string of the molecule is C[C@H](C(=O)O)c1ccc(-c2cn3ccccc3n2)cc1. The number of benzene rings is 1. The number of hydrogen-bond acceptors (Lipinski definition) is 2. The number of aliphatic carboxylic acids is 1. The molecule has 0 unspecified atom stereocenters. The van der Waals surface area contributed by atoms with Crippen molar-refractivity contribution >= 4 is 11.6 Å². The zero-order chi connectivity index (χ0) is 14.1. The van der Waals surface area contributed by atoms with Crippen molar-refractivity contribution in [2.75, 3.05) is 0 Å². The largest absolute Gasteiger partial charge is 0.481 e. The van der Waals surface area contributed by atoms with Gasteiger partial charge >= 0.3 is 5.97 Å². The number of hydrogen-bond donors (Lipinski definition) is 1. The summed E-state index contributed by atoms with van der Waals surface area (Å²) in [5, 5.41) is 9.00. The number of imidazole rings is 1. The first kappa shape index (κ1) is 12.4. The van der Waals surface area contributed by atoms with E-state index in [4.69, 9.17) is 5.11 Å². The molecule has 0 fully saturated rings. The van der Waals surface area contributed by atoms with Gasteiger partial charge in [0.15, 0.2) is 0 Å². The van der Waals surface area contributed by atoms with Crippen molar-refractivity contribution in [1.82, 2.24) is 9.38 Å². The zero-order valence-electron chi connectivity index (χ0n) is 11.0. The zero-order valence-corrected chi connectivity index (χ0v) is 11.0. The molecule has 0 aliphatic carbocycles. The molecule has 0 radical (unpaired) electrons. The van der Waals surface area contributed by atoms with Gasteiger partial charge in [0.05, 0.1) is 11.6 Å². The van der Waals surface area contributed by atoms with Crippen LogP contribution in [-0.4, -0.2) is 20.5 Å². The molecular formula is C16H14N2O2. The smallest absolute Gasteiger partial charge is 0.310 e. The average molecular weight is 266 g/mol. The molecule has 0 spiro atoms. The molecule has 0 amide bonds. The lowest BCUT2D eigenvalue weighted by molar-refractivity contribution is -0.138. The van der Waals surface area contributed by atoms with Gasteiger partial charge in [0.25, 0.3) is 0 Å². The molecule has 0 aliphatic heterocycles. The van der Waals surface area contributed by atoms with Gasteiger partial charge in [-0.2, -0.15) is 0 Å². The van der Waals surface area contributed by atoms with Crippen molar-refractivity contribution in [3.63, 3.8) is 0 Å². The Bertz CT molecular complexity index is 727. The van der Waals surface area contributed by atoms with E-state index in [-0.39, 0.29) is 0 Å². The van der Waals surface area contributed by atoms with Crippen LogP contribution in [0.2, 0.25) is 0 Å². The van der Waals surface area contributed by atoms with E-state index >= 15 is 0 Å². The molecular weight excluding hydrogens is 252 g/mol. The Morgan fingerprint density at radius 3 is 2.60 bits per heavy atom. The molecule has 4 nitrogen and oxygen atoms in total. The van der Waals surface area contributed by atoms with Crippen LogP contribution >= 0.6 is 0 Å². The van der Waals surface area contributed by atoms with Crippen LogP contribution in [0.4, 0.5) is 0 Å². The van der Waals surface area contributed by atoms with Crippen LogP contribution in [0.25, 0.3) is 16.9 Å². The molecule has 1 N–H and O–H groups in total. The summed E-state index contributed by atoms with van der Waals surface area (Å²) in [6, 6.07) is 13.4. The van der Waals surface area contributed by atoms with Crippen molar-refractivity contribution in [3.05, 3.63) is 60.4 Å². The number of carbonyl (C=O) groups is 1. The van der Waals surface area contributed by atoms with Crippen LogP contribution < -0.4 is 0 Å². The van der Waals surface area contributed by atoms with Gasteiger partial charge in [0, 0.05) is 18.0 Å². The molecule has 0 bridgehead atoms. The first-order valence-corrected chi connectivity index (χ1v) is 6.42. The standard InChI is InChI=1S/C16H14N2O2/c1-11(16(19)20)12-5-7-13(8-6-12)14-10-18-9-3-2-4-15(18)17-14/h2-11H,1H3,(H,19,20)/t11-/m0/s1. The van der Waals surface area contributed by atoms with Crippen LogP contribution in [0.3, 0.4) is 0 Å². The summed E-state index contributed by atoms with van der Waals surface area (Å²) in [4.78, 5) is 15.5. The second-order valence-corrected chi connectivity index (χ2v) is 4.77. The van der Waals surface area contributed by atoms with Crippen LogP contribution in [0.5, 0.6) is 0 Å². The predicted octanol–water partition coefficient (Wildman–Crippen LogP) is 3.19. The van der Waals surface area contributed by atoms with Gasteiger partial charge in [-0.25, -0.2) is 4.98 Å². The lowest BCUT2D eigenvalue weighted by Gasteiger charge is -2.06. The lowest BCUT2D eigenvalue weighted by Crippen LogP contribution is -2.06. The third-order valence-corrected chi connectivity index (χ3v) is 3.44. The minimum absolute atomic E-state index is 0.495. The summed E-state index contributed by atoms with van der Waals surface area (Å²) >= 11 is 0. The molecule has 0 saturated heterocycles. The van der Waals surface area contributed by atoms with Crippen LogP contribution in [0, 0.1) is 0 Å². The molecule has 1 aromatic carbocycles. The number of rotatable bonds is 3. The van der Waals surface area contributed by atoms with Crippen molar-refractivity contribution in [3.8, 4) is 11.3 Å². The first-order valence-electron chi connectivity index (χ1n) is 6.42. The van der Waals surface area contributed by atoms with Crippen molar-refractivity contribution in [2.24, 2.45) is 0 Å². The fourth-order valence-corrected chi connectivity index (χ4v) is 2.16. The number of carboxylic acid groups (broad SMARTS) is 1. The van der Waals surface area contributed by atoms with Crippen molar-refractivity contribution in [2.45, 2.75) is 12.8 Å². The number of carboxylic acids is 1. The van der Waals surface area contributed by atoms with Gasteiger partial charge in [-0.05, 0) is 24.6 Å². The van der Waals surface area contributed by atoms with E-state index < -0.39 is 11.9 Å². The second kappa shape index (κ2) is 4.81.